The minimum absolute atomic E-state index is 0.0133. The Kier molecular flexibility index (Phi) is 6.29. The van der Waals surface area contributed by atoms with Crippen molar-refractivity contribution in [2.24, 2.45) is 0 Å². The first-order chi connectivity index (χ1) is 16.2. The number of carbonyl (C=O) groups excluding carboxylic acids is 2. The predicted octanol–water partition coefficient (Wildman–Crippen LogP) is 6.03. The van der Waals surface area contributed by atoms with Crippen molar-refractivity contribution < 1.29 is 19.4 Å². The summed E-state index contributed by atoms with van der Waals surface area (Å²) in [7, 11) is 0. The zero-order valence-corrected chi connectivity index (χ0v) is 20.1. The van der Waals surface area contributed by atoms with Crippen LogP contribution >= 0.6 is 0 Å². The molecule has 34 heavy (non-hydrogen) atoms. The molecule has 0 spiro atoms. The molecule has 1 unspecified atom stereocenters. The lowest BCUT2D eigenvalue weighted by molar-refractivity contribution is -0.132. The predicted molar refractivity (Wildman–Crippen MR) is 134 cm³/mol. The third-order valence-electron chi connectivity index (χ3n) is 5.86. The number of carbonyl (C=O) groups is 2. The van der Waals surface area contributed by atoms with Crippen LogP contribution in [0.2, 0.25) is 0 Å². The van der Waals surface area contributed by atoms with Gasteiger partial charge in [-0.3, -0.25) is 14.5 Å². The molecule has 0 radical (unpaired) electrons. The summed E-state index contributed by atoms with van der Waals surface area (Å²) in [6, 6.07) is 19.6. The molecule has 4 rings (SSSR count). The average molecular weight is 456 g/mol. The van der Waals surface area contributed by atoms with E-state index in [-0.39, 0.29) is 17.4 Å². The van der Waals surface area contributed by atoms with Crippen LogP contribution in [0.3, 0.4) is 0 Å². The van der Waals surface area contributed by atoms with Gasteiger partial charge in [0.05, 0.1) is 17.7 Å². The van der Waals surface area contributed by atoms with E-state index in [9.17, 15) is 14.7 Å². The number of ether oxygens (including phenoxy) is 1. The van der Waals surface area contributed by atoms with Crippen LogP contribution in [-0.4, -0.2) is 22.9 Å². The number of benzene rings is 3. The number of nitrogens with zero attached hydrogens (tertiary/aromatic N) is 1. The second-order valence-corrected chi connectivity index (χ2v) is 9.07. The zero-order valence-electron chi connectivity index (χ0n) is 20.1. The molecular weight excluding hydrogens is 426 g/mol. The highest BCUT2D eigenvalue weighted by atomic mass is 16.5. The van der Waals surface area contributed by atoms with E-state index in [1.165, 1.54) is 4.90 Å². The van der Waals surface area contributed by atoms with Gasteiger partial charge in [-0.05, 0) is 87.2 Å². The summed E-state index contributed by atoms with van der Waals surface area (Å²) in [6.07, 6.45) is 0.0133. The normalized spacial score (nSPS) is 17.5. The highest BCUT2D eigenvalue weighted by molar-refractivity contribution is 6.51. The maximum Gasteiger partial charge on any atom is 0.300 e. The van der Waals surface area contributed by atoms with Gasteiger partial charge in [-0.15, -0.1) is 0 Å². The minimum atomic E-state index is -0.741. The maximum atomic E-state index is 13.3. The monoisotopic (exact) mass is 455 g/mol. The fraction of sp³-hybridized carbons (Fsp3) is 0.241. The van der Waals surface area contributed by atoms with Crippen molar-refractivity contribution in [1.29, 1.82) is 0 Å². The van der Waals surface area contributed by atoms with Crippen LogP contribution < -0.4 is 9.64 Å². The molecule has 0 aliphatic carbocycles. The second kappa shape index (κ2) is 9.18. The van der Waals surface area contributed by atoms with Crippen LogP contribution in [0.25, 0.3) is 5.76 Å². The number of amides is 1. The molecule has 3 aromatic carbocycles. The van der Waals surface area contributed by atoms with Gasteiger partial charge < -0.3 is 9.84 Å². The summed E-state index contributed by atoms with van der Waals surface area (Å²) in [5, 5.41) is 11.4. The molecule has 1 aliphatic heterocycles. The van der Waals surface area contributed by atoms with Crippen LogP contribution in [0.4, 0.5) is 5.69 Å². The summed E-state index contributed by atoms with van der Waals surface area (Å²) in [6.45, 7) is 9.68. The first-order valence-corrected chi connectivity index (χ1v) is 11.4. The van der Waals surface area contributed by atoms with Crippen molar-refractivity contribution in [3.05, 3.63) is 100 Å². The largest absolute Gasteiger partial charge is 0.507 e. The van der Waals surface area contributed by atoms with Crippen LogP contribution in [0.15, 0.2) is 72.3 Å². The molecule has 1 N–H and O–H groups in total. The quantitative estimate of drug-likeness (QED) is 0.290. The number of hydrogen-bond donors (Lipinski definition) is 1. The van der Waals surface area contributed by atoms with Crippen LogP contribution in [0.5, 0.6) is 5.75 Å². The van der Waals surface area contributed by atoms with Gasteiger partial charge in [0.15, 0.2) is 0 Å². The van der Waals surface area contributed by atoms with Gasteiger partial charge in [0.1, 0.15) is 11.5 Å². The molecule has 5 heteroatoms. The number of Topliss-reactive ketones (excluding diaryl/α,β-unsaturated/α-hetero) is 1. The Morgan fingerprint density at radius 3 is 2.15 bits per heavy atom. The number of rotatable bonds is 5. The number of aliphatic hydroxyl groups is 1. The first-order valence-electron chi connectivity index (χ1n) is 11.4. The second-order valence-electron chi connectivity index (χ2n) is 9.07. The van der Waals surface area contributed by atoms with Crippen molar-refractivity contribution in [2.45, 2.75) is 46.8 Å². The van der Waals surface area contributed by atoms with Gasteiger partial charge in [-0.1, -0.05) is 36.4 Å². The van der Waals surface area contributed by atoms with Gasteiger partial charge in [0.2, 0.25) is 0 Å². The van der Waals surface area contributed by atoms with Crippen molar-refractivity contribution in [3.8, 4) is 5.75 Å². The van der Waals surface area contributed by atoms with Crippen molar-refractivity contribution in [3.63, 3.8) is 0 Å². The molecule has 1 heterocycles. The number of aliphatic hydroxyl groups excluding tert-OH is 1. The zero-order chi connectivity index (χ0) is 24.6. The third kappa shape index (κ3) is 4.34. The van der Waals surface area contributed by atoms with Crippen molar-refractivity contribution in [1.82, 2.24) is 0 Å². The van der Waals surface area contributed by atoms with E-state index in [1.807, 2.05) is 83.1 Å². The maximum absolute atomic E-state index is 13.3. The Morgan fingerprint density at radius 1 is 0.912 bits per heavy atom. The summed E-state index contributed by atoms with van der Waals surface area (Å²) >= 11 is 0. The Balaban J connectivity index is 1.90. The summed E-state index contributed by atoms with van der Waals surface area (Å²) in [5.74, 6) is -0.845. The molecule has 174 valence electrons. The highest BCUT2D eigenvalue weighted by Gasteiger charge is 2.47. The number of anilines is 1. The van der Waals surface area contributed by atoms with E-state index in [0.717, 1.165) is 22.3 Å². The smallest absolute Gasteiger partial charge is 0.300 e. The van der Waals surface area contributed by atoms with Crippen molar-refractivity contribution >= 4 is 23.1 Å². The lowest BCUT2D eigenvalue weighted by Crippen LogP contribution is -2.29. The average Bonchev–Trinajstić information content (AvgIpc) is 3.05. The van der Waals surface area contributed by atoms with E-state index >= 15 is 0 Å². The molecule has 1 amide bonds. The summed E-state index contributed by atoms with van der Waals surface area (Å²) in [5.41, 5.74) is 4.72. The molecule has 0 saturated carbocycles. The Labute approximate surface area is 200 Å². The lowest BCUT2D eigenvalue weighted by atomic mass is 9.94. The van der Waals surface area contributed by atoms with Gasteiger partial charge in [0, 0.05) is 11.3 Å². The molecule has 1 saturated heterocycles. The van der Waals surface area contributed by atoms with Gasteiger partial charge in [-0.25, -0.2) is 0 Å². The summed E-state index contributed by atoms with van der Waals surface area (Å²) < 4.78 is 5.80. The Morgan fingerprint density at radius 2 is 1.56 bits per heavy atom. The standard InChI is InChI=1S/C29H29NO4/c1-17(2)34-24-12-11-22(16-20(24)5)27(31)25-26(21-9-7-6-8-10-21)30(29(33)28(25)32)23-14-18(3)13-19(4)15-23/h6-17,26,31H,1-5H3/b27-25-. The van der Waals surface area contributed by atoms with Crippen molar-refractivity contribution in [2.75, 3.05) is 4.90 Å². The molecule has 0 bridgehead atoms. The molecule has 0 aromatic heterocycles. The van der Waals surface area contributed by atoms with E-state index in [4.69, 9.17) is 4.74 Å². The molecule has 1 atom stereocenters. The van der Waals surface area contributed by atoms with Gasteiger partial charge in [-0.2, -0.15) is 0 Å². The molecule has 3 aromatic rings. The molecule has 1 aliphatic rings. The molecule has 1 fully saturated rings. The van der Waals surface area contributed by atoms with E-state index in [2.05, 4.69) is 0 Å². The van der Waals surface area contributed by atoms with E-state index in [1.54, 1.807) is 18.2 Å². The molecular formula is C29H29NO4. The molecule has 5 nitrogen and oxygen atoms in total. The van der Waals surface area contributed by atoms with E-state index < -0.39 is 17.7 Å². The highest BCUT2D eigenvalue weighted by Crippen LogP contribution is 2.42. The van der Waals surface area contributed by atoms with E-state index in [0.29, 0.717) is 17.0 Å². The SMILES string of the molecule is Cc1cc(C)cc(N2C(=O)C(=O)/C(=C(\O)c3ccc(OC(C)C)c(C)c3)C2c2ccccc2)c1. The number of hydrogen-bond acceptors (Lipinski definition) is 4. The Bertz CT molecular complexity index is 1270. The number of ketones is 1. The Hall–Kier alpha value is -3.86. The third-order valence-corrected chi connectivity index (χ3v) is 5.86. The van der Waals surface area contributed by atoms with Crippen LogP contribution in [0.1, 0.15) is 47.7 Å². The first kappa shape index (κ1) is 23.3. The topological polar surface area (TPSA) is 66.8 Å². The van der Waals surface area contributed by atoms with Gasteiger partial charge in [0.25, 0.3) is 11.7 Å². The number of aryl methyl sites for hydroxylation is 3. The summed E-state index contributed by atoms with van der Waals surface area (Å²) in [4.78, 5) is 28.1. The van der Waals surface area contributed by atoms with Crippen LogP contribution in [-0.2, 0) is 9.59 Å². The lowest BCUT2D eigenvalue weighted by Gasteiger charge is -2.26. The fourth-order valence-corrected chi connectivity index (χ4v) is 4.48. The fourth-order valence-electron chi connectivity index (χ4n) is 4.48. The van der Waals surface area contributed by atoms with Crippen LogP contribution in [0, 0.1) is 20.8 Å². The minimum Gasteiger partial charge on any atom is -0.507 e. The van der Waals surface area contributed by atoms with Gasteiger partial charge >= 0.3 is 0 Å².